The van der Waals surface area contributed by atoms with E-state index in [2.05, 4.69) is 34.6 Å². The molecule has 2 rings (SSSR count). The van der Waals surface area contributed by atoms with Crippen LogP contribution in [0.5, 0.6) is 5.75 Å². The van der Waals surface area contributed by atoms with E-state index in [0.29, 0.717) is 23.5 Å². The fourth-order valence-corrected chi connectivity index (χ4v) is 2.35. The molecule has 2 aromatic carbocycles. The summed E-state index contributed by atoms with van der Waals surface area (Å²) in [5.74, 6) is 0.675. The topological polar surface area (TPSA) is 56.8 Å². The third-order valence-corrected chi connectivity index (χ3v) is 3.57. The molecule has 2 aromatic rings. The smallest absolute Gasteiger partial charge is 0.127 e. The van der Waals surface area contributed by atoms with Gasteiger partial charge in [0.1, 0.15) is 12.4 Å². The predicted octanol–water partition coefficient (Wildman–Crippen LogP) is 4.95. The number of allylic oxidation sites excluding steroid dienone is 1. The molecule has 0 radical (unpaired) electrons. The number of nitriles is 2. The van der Waals surface area contributed by atoms with Gasteiger partial charge in [-0.3, -0.25) is 0 Å². The van der Waals surface area contributed by atoms with Crippen molar-refractivity contribution in [3.05, 3.63) is 76.3 Å². The maximum Gasteiger partial charge on any atom is 0.127 e. The maximum atomic E-state index is 9.45. The Hall–Kier alpha value is -2.82. The molecular weight excluding hydrogens is 352 g/mol. The van der Waals surface area contributed by atoms with Crippen molar-refractivity contribution in [3.8, 4) is 17.9 Å². The Labute approximate surface area is 143 Å². The molecule has 0 heterocycles. The second kappa shape index (κ2) is 7.98. The number of hydrogen-bond donors (Lipinski definition) is 0. The highest BCUT2D eigenvalue weighted by Crippen LogP contribution is 2.28. The lowest BCUT2D eigenvalue weighted by atomic mass is 10.0. The summed E-state index contributed by atoms with van der Waals surface area (Å²) in [5.41, 5.74) is 2.60. The minimum absolute atomic E-state index is 0.390. The van der Waals surface area contributed by atoms with Gasteiger partial charge in [-0.2, -0.15) is 10.5 Å². The predicted molar refractivity (Wildman–Crippen MR) is 94.5 cm³/mol. The molecule has 0 fully saturated rings. The van der Waals surface area contributed by atoms with Crippen molar-refractivity contribution >= 4 is 27.6 Å². The highest BCUT2D eigenvalue weighted by atomic mass is 79.9. The first-order valence-corrected chi connectivity index (χ1v) is 7.63. The van der Waals surface area contributed by atoms with Crippen LogP contribution >= 0.6 is 15.9 Å². The molecule has 0 spiro atoms. The van der Waals surface area contributed by atoms with Gasteiger partial charge in [-0.25, -0.2) is 0 Å². The van der Waals surface area contributed by atoms with Crippen molar-refractivity contribution in [1.82, 2.24) is 0 Å². The number of nitrogens with zero attached hydrogens (tertiary/aromatic N) is 2. The van der Waals surface area contributed by atoms with E-state index in [1.807, 2.05) is 18.2 Å². The monoisotopic (exact) mass is 364 g/mol. The highest BCUT2D eigenvalue weighted by Gasteiger charge is 2.06. The summed E-state index contributed by atoms with van der Waals surface area (Å²) >= 11 is 3.43. The zero-order valence-electron chi connectivity index (χ0n) is 12.3. The van der Waals surface area contributed by atoms with Gasteiger partial charge < -0.3 is 4.74 Å². The van der Waals surface area contributed by atoms with Crippen LogP contribution in [0.15, 0.2) is 59.6 Å². The molecule has 23 heavy (non-hydrogen) atoms. The molecule has 0 unspecified atom stereocenters. The van der Waals surface area contributed by atoms with Crippen LogP contribution in [0.3, 0.4) is 0 Å². The first-order chi connectivity index (χ1) is 11.2. The summed E-state index contributed by atoms with van der Waals surface area (Å²) in [6.45, 7) is 4.03. The summed E-state index contributed by atoms with van der Waals surface area (Å²) in [7, 11) is 0. The lowest BCUT2D eigenvalue weighted by Crippen LogP contribution is -1.95. The SMILES string of the molecule is C=CCOc1ccc(Br)cc1/C=C(/C#N)c1ccc(C#N)cc1. The number of benzene rings is 2. The van der Waals surface area contributed by atoms with Gasteiger partial charge in [-0.05, 0) is 42.0 Å². The van der Waals surface area contributed by atoms with Crippen molar-refractivity contribution in [2.24, 2.45) is 0 Å². The molecule has 0 atom stereocenters. The van der Waals surface area contributed by atoms with Crippen molar-refractivity contribution < 1.29 is 4.74 Å². The second-order valence-electron chi connectivity index (χ2n) is 4.64. The summed E-state index contributed by atoms with van der Waals surface area (Å²) in [6, 6.07) is 16.8. The van der Waals surface area contributed by atoms with Crippen molar-refractivity contribution in [1.29, 1.82) is 10.5 Å². The third kappa shape index (κ3) is 4.32. The first-order valence-electron chi connectivity index (χ1n) is 6.83. The zero-order chi connectivity index (χ0) is 16.7. The Balaban J connectivity index is 2.44. The van der Waals surface area contributed by atoms with Gasteiger partial charge in [-0.1, -0.05) is 40.7 Å². The van der Waals surface area contributed by atoms with Crippen LogP contribution in [-0.4, -0.2) is 6.61 Å². The summed E-state index contributed by atoms with van der Waals surface area (Å²) in [4.78, 5) is 0. The molecule has 0 saturated heterocycles. The van der Waals surface area contributed by atoms with Gasteiger partial charge in [0, 0.05) is 10.0 Å². The summed E-state index contributed by atoms with van der Waals surface area (Å²) < 4.78 is 6.52. The third-order valence-electron chi connectivity index (χ3n) is 3.07. The van der Waals surface area contributed by atoms with Crippen LogP contribution in [-0.2, 0) is 0 Å². The average molecular weight is 365 g/mol. The van der Waals surface area contributed by atoms with E-state index in [9.17, 15) is 5.26 Å². The molecule has 0 bridgehead atoms. The van der Waals surface area contributed by atoms with E-state index in [4.69, 9.17) is 10.00 Å². The number of hydrogen-bond acceptors (Lipinski definition) is 3. The molecule has 4 heteroatoms. The lowest BCUT2D eigenvalue weighted by molar-refractivity contribution is 0.362. The minimum Gasteiger partial charge on any atom is -0.489 e. The minimum atomic E-state index is 0.390. The summed E-state index contributed by atoms with van der Waals surface area (Å²) in [5, 5.41) is 18.3. The Kier molecular flexibility index (Phi) is 5.74. The zero-order valence-corrected chi connectivity index (χ0v) is 13.9. The average Bonchev–Trinajstić information content (AvgIpc) is 2.59. The molecule has 0 aliphatic heterocycles. The quantitative estimate of drug-likeness (QED) is 0.428. The largest absolute Gasteiger partial charge is 0.489 e. The molecule has 0 aromatic heterocycles. The van der Waals surface area contributed by atoms with Crippen molar-refractivity contribution in [2.45, 2.75) is 0 Å². The van der Waals surface area contributed by atoms with Crippen LogP contribution in [0.1, 0.15) is 16.7 Å². The molecule has 112 valence electrons. The van der Waals surface area contributed by atoms with Gasteiger partial charge in [0.05, 0.1) is 23.3 Å². The van der Waals surface area contributed by atoms with Crippen LogP contribution in [0.4, 0.5) is 0 Å². The highest BCUT2D eigenvalue weighted by molar-refractivity contribution is 9.10. The molecule has 0 aliphatic carbocycles. The van der Waals surface area contributed by atoms with E-state index < -0.39 is 0 Å². The molecular formula is C19H13BrN2O. The van der Waals surface area contributed by atoms with Gasteiger partial charge in [0.2, 0.25) is 0 Å². The van der Waals surface area contributed by atoms with Crippen molar-refractivity contribution in [2.75, 3.05) is 6.61 Å². The van der Waals surface area contributed by atoms with Gasteiger partial charge in [-0.15, -0.1) is 0 Å². The fourth-order valence-electron chi connectivity index (χ4n) is 1.97. The van der Waals surface area contributed by atoms with E-state index in [1.165, 1.54) is 0 Å². The van der Waals surface area contributed by atoms with Gasteiger partial charge in [0.15, 0.2) is 0 Å². The second-order valence-corrected chi connectivity index (χ2v) is 5.56. The van der Waals surface area contributed by atoms with Gasteiger partial charge >= 0.3 is 0 Å². The lowest BCUT2D eigenvalue weighted by Gasteiger charge is -2.09. The Morgan fingerprint density at radius 3 is 2.52 bits per heavy atom. The Morgan fingerprint density at radius 1 is 1.17 bits per heavy atom. The number of ether oxygens (including phenoxy) is 1. The number of halogens is 1. The molecule has 0 saturated carbocycles. The first kappa shape index (κ1) is 16.5. The molecule has 0 amide bonds. The maximum absolute atomic E-state index is 9.45. The summed E-state index contributed by atoms with van der Waals surface area (Å²) in [6.07, 6.45) is 3.44. The van der Waals surface area contributed by atoms with E-state index in [0.717, 1.165) is 15.6 Å². The van der Waals surface area contributed by atoms with Crippen LogP contribution in [0.2, 0.25) is 0 Å². The van der Waals surface area contributed by atoms with Gasteiger partial charge in [0.25, 0.3) is 0 Å². The fraction of sp³-hybridized carbons (Fsp3) is 0.0526. The molecule has 3 nitrogen and oxygen atoms in total. The molecule has 0 aliphatic rings. The van der Waals surface area contributed by atoms with Crippen LogP contribution in [0, 0.1) is 22.7 Å². The molecule has 0 N–H and O–H groups in total. The Bertz CT molecular complexity index is 824. The van der Waals surface area contributed by atoms with E-state index >= 15 is 0 Å². The van der Waals surface area contributed by atoms with E-state index in [-0.39, 0.29) is 0 Å². The number of rotatable bonds is 5. The van der Waals surface area contributed by atoms with E-state index in [1.54, 1.807) is 36.4 Å². The normalized spacial score (nSPS) is 10.5. The van der Waals surface area contributed by atoms with Crippen molar-refractivity contribution in [3.63, 3.8) is 0 Å². The van der Waals surface area contributed by atoms with Crippen LogP contribution in [0.25, 0.3) is 11.6 Å². The Morgan fingerprint density at radius 2 is 1.91 bits per heavy atom. The standard InChI is InChI=1S/C19H13BrN2O/c1-2-9-23-19-8-7-18(20)11-16(19)10-17(13-22)15-5-3-14(12-21)4-6-15/h2-8,10-11H,1,9H2/b17-10-. The van der Waals surface area contributed by atoms with Crippen LogP contribution < -0.4 is 4.74 Å².